The van der Waals surface area contributed by atoms with Gasteiger partial charge < -0.3 is 15.2 Å². The van der Waals surface area contributed by atoms with Crippen LogP contribution in [0.25, 0.3) is 0 Å². The summed E-state index contributed by atoms with van der Waals surface area (Å²) in [6.07, 6.45) is -3.52. The van der Waals surface area contributed by atoms with Gasteiger partial charge in [0.2, 0.25) is 21.9 Å². The number of ether oxygens (including phenoxy) is 1. The molecule has 9 nitrogen and oxygen atoms in total. The summed E-state index contributed by atoms with van der Waals surface area (Å²) in [5.74, 6) is -1.38. The Labute approximate surface area is 174 Å². The fourth-order valence-corrected chi connectivity index (χ4v) is 2.44. The van der Waals surface area contributed by atoms with Crippen LogP contribution in [-0.4, -0.2) is 35.6 Å². The number of carboxylic acids is 1. The van der Waals surface area contributed by atoms with E-state index in [0.717, 1.165) is 0 Å². The Morgan fingerprint density at radius 3 is 2.13 bits per heavy atom. The first-order valence-corrected chi connectivity index (χ1v) is 9.76. The second-order valence-electron chi connectivity index (χ2n) is 5.63. The molecule has 0 spiro atoms. The first-order chi connectivity index (χ1) is 14.4. The van der Waals surface area contributed by atoms with Gasteiger partial charge >= 0.3 is 12.1 Å². The maximum absolute atomic E-state index is 11.2. The maximum Gasteiger partial charge on any atom is 0.490 e. The number of nitrogens with one attached hydrogen (secondary N) is 1. The van der Waals surface area contributed by atoms with E-state index in [0.29, 0.717) is 23.3 Å². The molecular weight excluding hydrogens is 441 g/mol. The number of carbonyl (C=O) groups is 1. The van der Waals surface area contributed by atoms with Gasteiger partial charge in [0.15, 0.2) is 0 Å². The molecule has 1 aromatic heterocycles. The lowest BCUT2D eigenvalue weighted by Crippen LogP contribution is -2.21. The van der Waals surface area contributed by atoms with Crippen molar-refractivity contribution in [3.8, 4) is 11.6 Å². The van der Waals surface area contributed by atoms with E-state index in [9.17, 15) is 21.6 Å². The molecule has 164 valence electrons. The lowest BCUT2D eigenvalue weighted by atomic mass is 10.3. The molecule has 1 heterocycles. The second kappa shape index (κ2) is 9.86. The van der Waals surface area contributed by atoms with Crippen molar-refractivity contribution in [1.82, 2.24) is 9.97 Å². The third kappa shape index (κ3) is 7.91. The number of alkyl halides is 3. The van der Waals surface area contributed by atoms with Crippen LogP contribution in [0.2, 0.25) is 0 Å². The van der Waals surface area contributed by atoms with Gasteiger partial charge in [-0.25, -0.2) is 23.3 Å². The van der Waals surface area contributed by atoms with Crippen LogP contribution in [0, 0.1) is 0 Å². The average Bonchev–Trinajstić information content (AvgIpc) is 2.68. The number of primary sulfonamides is 1. The average molecular weight is 456 g/mol. The molecule has 31 heavy (non-hydrogen) atoms. The minimum absolute atomic E-state index is 0.0372. The lowest BCUT2D eigenvalue weighted by Gasteiger charge is -2.08. The van der Waals surface area contributed by atoms with Crippen LogP contribution < -0.4 is 15.2 Å². The van der Waals surface area contributed by atoms with E-state index >= 15 is 0 Å². The number of aromatic nitrogens is 2. The van der Waals surface area contributed by atoms with Crippen molar-refractivity contribution in [3.05, 3.63) is 66.9 Å². The molecule has 0 aliphatic carbocycles. The molecule has 3 rings (SSSR count). The molecule has 0 atom stereocenters. The first kappa shape index (κ1) is 23.6. The summed E-state index contributed by atoms with van der Waals surface area (Å²) in [6.45, 7) is 0. The first-order valence-electron chi connectivity index (χ1n) is 8.21. The molecule has 0 bridgehead atoms. The van der Waals surface area contributed by atoms with E-state index in [1.807, 2.05) is 30.3 Å². The predicted molar refractivity (Wildman–Crippen MR) is 103 cm³/mol. The monoisotopic (exact) mass is 456 g/mol. The van der Waals surface area contributed by atoms with E-state index in [-0.39, 0.29) is 4.90 Å². The number of hydrogen-bond donors (Lipinski definition) is 3. The quantitative estimate of drug-likeness (QED) is 0.530. The number of benzene rings is 2. The van der Waals surface area contributed by atoms with Crippen molar-refractivity contribution in [3.63, 3.8) is 0 Å². The molecule has 0 amide bonds. The molecule has 0 aliphatic heterocycles. The van der Waals surface area contributed by atoms with Crippen LogP contribution in [0.1, 0.15) is 0 Å². The number of anilines is 2. The summed E-state index contributed by atoms with van der Waals surface area (Å²) in [6, 6.07) is 16.9. The third-order valence-corrected chi connectivity index (χ3v) is 4.21. The fourth-order valence-electron chi connectivity index (χ4n) is 1.93. The summed E-state index contributed by atoms with van der Waals surface area (Å²) in [5.41, 5.74) is 0.624. The summed E-state index contributed by atoms with van der Waals surface area (Å²) in [5, 5.41) is 15.2. The van der Waals surface area contributed by atoms with Gasteiger partial charge in [-0.15, -0.1) is 0 Å². The molecule has 0 aliphatic rings. The number of hydrogen-bond acceptors (Lipinski definition) is 7. The summed E-state index contributed by atoms with van der Waals surface area (Å²) in [7, 11) is -3.71. The zero-order chi connectivity index (χ0) is 23.1. The van der Waals surface area contributed by atoms with Gasteiger partial charge in [-0.1, -0.05) is 18.2 Å². The number of aliphatic carboxylic acids is 1. The van der Waals surface area contributed by atoms with Crippen molar-refractivity contribution in [2.75, 3.05) is 5.32 Å². The highest BCUT2D eigenvalue weighted by Gasteiger charge is 2.38. The number of nitrogens with zero attached hydrogens (tertiary/aromatic N) is 2. The van der Waals surface area contributed by atoms with Gasteiger partial charge in [-0.3, -0.25) is 0 Å². The number of halogens is 3. The number of rotatable bonds is 5. The molecule has 3 aromatic rings. The predicted octanol–water partition coefficient (Wildman–Crippen LogP) is 3.29. The zero-order valence-electron chi connectivity index (χ0n) is 15.4. The van der Waals surface area contributed by atoms with Crippen molar-refractivity contribution >= 4 is 27.6 Å². The minimum atomic E-state index is -5.08. The van der Waals surface area contributed by atoms with Crippen LogP contribution in [0.15, 0.2) is 71.8 Å². The Bertz CT molecular complexity index is 1120. The van der Waals surface area contributed by atoms with Crippen molar-refractivity contribution in [2.45, 2.75) is 11.1 Å². The van der Waals surface area contributed by atoms with E-state index in [1.165, 1.54) is 12.1 Å². The Morgan fingerprint density at radius 2 is 1.61 bits per heavy atom. The zero-order valence-corrected chi connectivity index (χ0v) is 16.3. The van der Waals surface area contributed by atoms with Crippen molar-refractivity contribution in [1.29, 1.82) is 0 Å². The van der Waals surface area contributed by atoms with Gasteiger partial charge in [0.1, 0.15) is 5.75 Å². The van der Waals surface area contributed by atoms with Crippen LogP contribution in [0.5, 0.6) is 11.6 Å². The largest absolute Gasteiger partial charge is 0.490 e. The van der Waals surface area contributed by atoms with E-state index in [1.54, 1.807) is 24.4 Å². The summed E-state index contributed by atoms with van der Waals surface area (Å²) in [4.78, 5) is 17.3. The number of carboxylic acid groups (broad SMARTS) is 1. The van der Waals surface area contributed by atoms with Gasteiger partial charge in [0, 0.05) is 18.0 Å². The molecule has 0 fully saturated rings. The molecule has 0 unspecified atom stereocenters. The van der Waals surface area contributed by atoms with Crippen molar-refractivity contribution < 1.29 is 36.2 Å². The van der Waals surface area contributed by atoms with Crippen LogP contribution >= 0.6 is 0 Å². The highest BCUT2D eigenvalue weighted by Crippen LogP contribution is 2.21. The van der Waals surface area contributed by atoms with Crippen LogP contribution in [0.4, 0.5) is 24.8 Å². The topological polar surface area (TPSA) is 144 Å². The lowest BCUT2D eigenvalue weighted by molar-refractivity contribution is -0.192. The highest BCUT2D eigenvalue weighted by atomic mass is 32.2. The second-order valence-corrected chi connectivity index (χ2v) is 7.19. The Hall–Kier alpha value is -3.71. The van der Waals surface area contributed by atoms with E-state index < -0.39 is 22.2 Å². The summed E-state index contributed by atoms with van der Waals surface area (Å²) < 4.78 is 59.8. The Kier molecular flexibility index (Phi) is 7.50. The van der Waals surface area contributed by atoms with Crippen LogP contribution in [0.3, 0.4) is 0 Å². The maximum atomic E-state index is 11.2. The van der Waals surface area contributed by atoms with E-state index in [4.69, 9.17) is 19.8 Å². The number of para-hydroxylation sites is 1. The minimum Gasteiger partial charge on any atom is -0.475 e. The fraction of sp³-hybridized carbons (Fsp3) is 0.0556. The molecule has 4 N–H and O–H groups in total. The van der Waals surface area contributed by atoms with Gasteiger partial charge in [0.25, 0.3) is 0 Å². The summed E-state index contributed by atoms with van der Waals surface area (Å²) >= 11 is 0. The molecule has 13 heteroatoms. The van der Waals surface area contributed by atoms with Gasteiger partial charge in [0.05, 0.1) is 4.90 Å². The van der Waals surface area contributed by atoms with E-state index in [2.05, 4.69) is 15.3 Å². The smallest absolute Gasteiger partial charge is 0.475 e. The number of nitrogens with two attached hydrogens (primary N) is 1. The SMILES string of the molecule is NS(=O)(=O)c1ccc(Nc2nccc(Oc3ccccc3)n2)cc1.O=C(O)C(F)(F)F. The van der Waals surface area contributed by atoms with Crippen molar-refractivity contribution in [2.24, 2.45) is 5.14 Å². The van der Waals surface area contributed by atoms with Gasteiger partial charge in [-0.2, -0.15) is 18.2 Å². The van der Waals surface area contributed by atoms with Crippen LogP contribution in [-0.2, 0) is 14.8 Å². The highest BCUT2D eigenvalue weighted by molar-refractivity contribution is 7.89. The third-order valence-electron chi connectivity index (χ3n) is 3.28. The molecule has 0 saturated carbocycles. The Morgan fingerprint density at radius 1 is 1.03 bits per heavy atom. The van der Waals surface area contributed by atoms with Gasteiger partial charge in [-0.05, 0) is 36.4 Å². The molecule has 0 radical (unpaired) electrons. The number of sulfonamides is 1. The molecular formula is C18H15F3N4O5S. The molecule has 0 saturated heterocycles. The standard InChI is InChI=1S/C16H14N4O3S.C2HF3O2/c17-24(21,22)14-8-6-12(7-9-14)19-16-18-11-10-15(20-16)23-13-4-2-1-3-5-13;3-2(4,5)1(6)7/h1-11H,(H2,17,21,22)(H,18,19,20);(H,6,7). The normalized spacial score (nSPS) is 11.1. The Balaban J connectivity index is 0.000000423. The molecule has 2 aromatic carbocycles.